The molecule has 0 atom stereocenters. The van der Waals surface area contributed by atoms with Crippen molar-refractivity contribution in [1.29, 1.82) is 0 Å². The van der Waals surface area contributed by atoms with Crippen LogP contribution in [0.15, 0.2) is 56.9 Å². The number of nitrogens with zero attached hydrogens (tertiary/aromatic N) is 2. The summed E-state index contributed by atoms with van der Waals surface area (Å²) in [4.78, 5) is 11.9. The summed E-state index contributed by atoms with van der Waals surface area (Å²) in [5.41, 5.74) is 0.325. The van der Waals surface area contributed by atoms with Crippen LogP contribution in [0, 0.1) is 10.1 Å². The van der Waals surface area contributed by atoms with Crippen molar-refractivity contribution in [2.45, 2.75) is 18.2 Å². The lowest BCUT2D eigenvalue weighted by molar-refractivity contribution is -0.385. The fourth-order valence-corrected chi connectivity index (χ4v) is 3.26. The number of non-ortho nitro benzene ring substituents is 1. The third-order valence-electron chi connectivity index (χ3n) is 3.14. The topological polar surface area (TPSA) is 111 Å². The summed E-state index contributed by atoms with van der Waals surface area (Å²) >= 11 is 3.38. The lowest BCUT2D eigenvalue weighted by Gasteiger charge is -2.07. The van der Waals surface area contributed by atoms with Gasteiger partial charge in [-0.25, -0.2) is 4.83 Å². The quantitative estimate of drug-likeness (QED) is 0.383. The van der Waals surface area contributed by atoms with Gasteiger partial charge < -0.3 is 4.74 Å². The lowest BCUT2D eigenvalue weighted by atomic mass is 10.2. The van der Waals surface area contributed by atoms with E-state index in [9.17, 15) is 18.5 Å². The highest BCUT2D eigenvalue weighted by Crippen LogP contribution is 2.25. The van der Waals surface area contributed by atoms with Crippen LogP contribution in [0.5, 0.6) is 5.75 Å². The summed E-state index contributed by atoms with van der Waals surface area (Å²) in [7, 11) is -4.01. The predicted molar refractivity (Wildman–Crippen MR) is 101 cm³/mol. The highest BCUT2D eigenvalue weighted by Gasteiger charge is 2.16. The molecule has 0 radical (unpaired) electrons. The van der Waals surface area contributed by atoms with Gasteiger partial charge in [0.15, 0.2) is 0 Å². The summed E-state index contributed by atoms with van der Waals surface area (Å²) < 4.78 is 30.6. The molecular formula is C16H16BrN3O5S. The van der Waals surface area contributed by atoms with Crippen LogP contribution in [-0.4, -0.2) is 26.2 Å². The van der Waals surface area contributed by atoms with Crippen molar-refractivity contribution in [3.8, 4) is 5.75 Å². The van der Waals surface area contributed by atoms with Crippen molar-refractivity contribution < 1.29 is 18.1 Å². The van der Waals surface area contributed by atoms with Gasteiger partial charge >= 0.3 is 0 Å². The van der Waals surface area contributed by atoms with Crippen molar-refractivity contribution in [2.24, 2.45) is 5.10 Å². The van der Waals surface area contributed by atoms with E-state index in [0.29, 0.717) is 17.9 Å². The molecule has 1 N–H and O–H groups in total. The number of ether oxygens (including phenoxy) is 1. The van der Waals surface area contributed by atoms with Crippen LogP contribution in [0.25, 0.3) is 0 Å². The normalized spacial score (nSPS) is 11.5. The molecule has 0 bridgehead atoms. The molecule has 26 heavy (non-hydrogen) atoms. The van der Waals surface area contributed by atoms with Gasteiger partial charge in [-0.15, -0.1) is 0 Å². The van der Waals surface area contributed by atoms with E-state index in [4.69, 9.17) is 4.74 Å². The molecule has 2 aromatic carbocycles. The molecule has 0 aliphatic heterocycles. The van der Waals surface area contributed by atoms with Crippen LogP contribution in [0.2, 0.25) is 0 Å². The van der Waals surface area contributed by atoms with Gasteiger partial charge in [0, 0.05) is 12.1 Å². The first-order chi connectivity index (χ1) is 12.3. The molecule has 2 aromatic rings. The lowest BCUT2D eigenvalue weighted by Crippen LogP contribution is -2.18. The minimum atomic E-state index is -4.01. The second-order valence-corrected chi connectivity index (χ2v) is 7.66. The minimum Gasteiger partial charge on any atom is -0.492 e. The zero-order valence-corrected chi connectivity index (χ0v) is 16.2. The highest BCUT2D eigenvalue weighted by atomic mass is 79.9. The number of hydrogen-bond acceptors (Lipinski definition) is 6. The zero-order valence-electron chi connectivity index (χ0n) is 13.8. The van der Waals surface area contributed by atoms with Crippen LogP contribution < -0.4 is 9.57 Å². The first-order valence-electron chi connectivity index (χ1n) is 7.55. The van der Waals surface area contributed by atoms with Gasteiger partial charge in [0.05, 0.1) is 27.1 Å². The summed E-state index contributed by atoms with van der Waals surface area (Å²) in [5.74, 6) is 0.682. The fraction of sp³-hybridized carbons (Fsp3) is 0.188. The Morgan fingerprint density at radius 1 is 1.31 bits per heavy atom. The molecule has 0 aromatic heterocycles. The average molecular weight is 442 g/mol. The van der Waals surface area contributed by atoms with E-state index in [2.05, 4.69) is 21.0 Å². The first-order valence-corrected chi connectivity index (χ1v) is 9.83. The Balaban J connectivity index is 2.10. The van der Waals surface area contributed by atoms with E-state index in [-0.39, 0.29) is 10.6 Å². The summed E-state index contributed by atoms with van der Waals surface area (Å²) in [5, 5.41) is 14.5. The van der Waals surface area contributed by atoms with Gasteiger partial charge in [0.1, 0.15) is 5.75 Å². The number of halogens is 1. The number of rotatable bonds is 8. The maximum atomic E-state index is 12.2. The molecule has 0 saturated heterocycles. The van der Waals surface area contributed by atoms with Crippen LogP contribution in [0.3, 0.4) is 0 Å². The van der Waals surface area contributed by atoms with Gasteiger partial charge in [-0.3, -0.25) is 10.1 Å². The molecule has 0 saturated carbocycles. The summed E-state index contributed by atoms with van der Waals surface area (Å²) in [6.45, 7) is 2.59. The Labute approximate surface area is 159 Å². The molecule has 0 aliphatic carbocycles. The summed E-state index contributed by atoms with van der Waals surface area (Å²) in [6, 6.07) is 9.92. The molecule has 2 rings (SSSR count). The molecule has 8 nitrogen and oxygen atoms in total. The predicted octanol–water partition coefficient (Wildman–Crippen LogP) is 3.46. The largest absolute Gasteiger partial charge is 0.492 e. The first kappa shape index (κ1) is 19.9. The highest BCUT2D eigenvalue weighted by molar-refractivity contribution is 9.10. The van der Waals surface area contributed by atoms with Crippen molar-refractivity contribution in [2.75, 3.05) is 6.61 Å². The third-order valence-corrected chi connectivity index (χ3v) is 4.98. The molecule has 0 heterocycles. The zero-order chi connectivity index (χ0) is 19.2. The smallest absolute Gasteiger partial charge is 0.276 e. The van der Waals surface area contributed by atoms with Gasteiger partial charge in [-0.1, -0.05) is 13.0 Å². The monoisotopic (exact) mass is 441 g/mol. The molecule has 0 unspecified atom stereocenters. The third kappa shape index (κ3) is 5.27. The molecule has 0 fully saturated rings. The van der Waals surface area contributed by atoms with E-state index in [1.807, 2.05) is 11.8 Å². The number of nitro benzene ring substituents is 1. The van der Waals surface area contributed by atoms with Gasteiger partial charge in [-0.2, -0.15) is 13.5 Å². The van der Waals surface area contributed by atoms with Crippen LogP contribution >= 0.6 is 15.9 Å². The van der Waals surface area contributed by atoms with E-state index in [1.54, 1.807) is 18.2 Å². The number of nitro groups is 1. The van der Waals surface area contributed by atoms with Gasteiger partial charge in [0.25, 0.3) is 15.7 Å². The van der Waals surface area contributed by atoms with E-state index >= 15 is 0 Å². The van der Waals surface area contributed by atoms with Gasteiger partial charge in [-0.05, 0) is 52.2 Å². The minimum absolute atomic E-state index is 0.242. The molecular weight excluding hydrogens is 426 g/mol. The number of nitrogens with one attached hydrogen (secondary N) is 1. The Morgan fingerprint density at radius 2 is 2.08 bits per heavy atom. The standard InChI is InChI=1S/C16H16BrN3O5S/c1-2-8-25-16-7-6-12(9-15(16)17)11-18-19-26(23,24)14-5-3-4-13(10-14)20(21)22/h3-7,9-11,19H,2,8H2,1H3/b18-11+. The van der Waals surface area contributed by atoms with Crippen LogP contribution in [0.1, 0.15) is 18.9 Å². The molecule has 138 valence electrons. The maximum absolute atomic E-state index is 12.2. The molecule has 0 aliphatic rings. The van der Waals surface area contributed by atoms with Crippen molar-refractivity contribution in [3.05, 3.63) is 62.6 Å². The van der Waals surface area contributed by atoms with Crippen molar-refractivity contribution >= 4 is 37.9 Å². The maximum Gasteiger partial charge on any atom is 0.276 e. The number of hydrazone groups is 1. The van der Waals surface area contributed by atoms with E-state index in [1.165, 1.54) is 24.4 Å². The van der Waals surface area contributed by atoms with Gasteiger partial charge in [0.2, 0.25) is 0 Å². The van der Waals surface area contributed by atoms with Crippen molar-refractivity contribution in [1.82, 2.24) is 4.83 Å². The Kier molecular flexibility index (Phi) is 6.70. The number of sulfonamides is 1. The fourth-order valence-electron chi connectivity index (χ4n) is 1.91. The Hall–Kier alpha value is -2.46. The Morgan fingerprint density at radius 3 is 2.73 bits per heavy atom. The van der Waals surface area contributed by atoms with E-state index in [0.717, 1.165) is 17.0 Å². The Bertz CT molecular complexity index is 931. The second kappa shape index (κ2) is 8.77. The molecule has 10 heteroatoms. The SMILES string of the molecule is CCCOc1ccc(/C=N/NS(=O)(=O)c2cccc([N+](=O)[O-])c2)cc1Br. The molecule has 0 spiro atoms. The number of benzene rings is 2. The van der Waals surface area contributed by atoms with E-state index < -0.39 is 14.9 Å². The van der Waals surface area contributed by atoms with Crippen molar-refractivity contribution in [3.63, 3.8) is 0 Å². The van der Waals surface area contributed by atoms with Crippen LogP contribution in [0.4, 0.5) is 5.69 Å². The average Bonchev–Trinajstić information content (AvgIpc) is 2.61. The summed E-state index contributed by atoms with van der Waals surface area (Å²) in [6.07, 6.45) is 2.21. The molecule has 0 amide bonds. The van der Waals surface area contributed by atoms with Crippen LogP contribution in [-0.2, 0) is 10.0 Å². The number of hydrogen-bond donors (Lipinski definition) is 1. The second-order valence-electron chi connectivity index (χ2n) is 5.15.